The second kappa shape index (κ2) is 7.23. The molecule has 1 aromatic rings. The van der Waals surface area contributed by atoms with Gasteiger partial charge in [-0.1, -0.05) is 12.5 Å². The van der Waals surface area contributed by atoms with Gasteiger partial charge in [0.2, 0.25) is 5.91 Å². The van der Waals surface area contributed by atoms with Gasteiger partial charge in [-0.05, 0) is 56.8 Å². The van der Waals surface area contributed by atoms with Crippen LogP contribution in [0.2, 0.25) is 0 Å². The molecule has 0 bridgehead atoms. The largest absolute Gasteiger partial charge is 0.345 e. The average molecular weight is 301 g/mol. The molecule has 22 heavy (non-hydrogen) atoms. The lowest BCUT2D eigenvalue weighted by Gasteiger charge is -2.35. The topological polar surface area (TPSA) is 36.4 Å². The molecule has 1 aliphatic carbocycles. The third-order valence-corrected chi connectivity index (χ3v) is 5.18. The van der Waals surface area contributed by atoms with Crippen LogP contribution < -0.4 is 0 Å². The lowest BCUT2D eigenvalue weighted by Crippen LogP contribution is -2.42. The summed E-state index contributed by atoms with van der Waals surface area (Å²) in [4.78, 5) is 21.1. The maximum Gasteiger partial charge on any atom is 0.225 e. The van der Waals surface area contributed by atoms with E-state index in [-0.39, 0.29) is 0 Å². The van der Waals surface area contributed by atoms with Gasteiger partial charge in [-0.3, -0.25) is 14.7 Å². The first kappa shape index (κ1) is 15.5. The summed E-state index contributed by atoms with van der Waals surface area (Å²) in [5.41, 5.74) is 1.15. The Balaban J connectivity index is 1.40. The minimum atomic E-state index is 0.328. The number of pyridine rings is 1. The predicted octanol–water partition coefficient (Wildman–Crippen LogP) is 2.55. The van der Waals surface area contributed by atoms with Crippen molar-refractivity contribution in [2.24, 2.45) is 11.8 Å². The first-order valence-corrected chi connectivity index (χ1v) is 8.59. The van der Waals surface area contributed by atoms with Crippen LogP contribution in [0.3, 0.4) is 0 Å². The van der Waals surface area contributed by atoms with E-state index in [0.717, 1.165) is 44.7 Å². The Hall–Kier alpha value is -1.42. The van der Waals surface area contributed by atoms with Crippen LogP contribution >= 0.6 is 0 Å². The highest BCUT2D eigenvalue weighted by Crippen LogP contribution is 2.28. The van der Waals surface area contributed by atoms with Crippen molar-refractivity contribution in [3.63, 3.8) is 0 Å². The minimum absolute atomic E-state index is 0.328. The van der Waals surface area contributed by atoms with Crippen molar-refractivity contribution in [1.29, 1.82) is 0 Å². The van der Waals surface area contributed by atoms with E-state index < -0.39 is 0 Å². The van der Waals surface area contributed by atoms with E-state index in [1.807, 2.05) is 24.2 Å². The van der Waals surface area contributed by atoms with Crippen molar-refractivity contribution in [3.05, 3.63) is 30.1 Å². The second-order valence-electron chi connectivity index (χ2n) is 6.89. The molecule has 1 saturated heterocycles. The summed E-state index contributed by atoms with van der Waals surface area (Å²) >= 11 is 0. The molecule has 2 heterocycles. The molecule has 1 amide bonds. The van der Waals surface area contributed by atoms with E-state index in [9.17, 15) is 4.79 Å². The summed E-state index contributed by atoms with van der Waals surface area (Å²) in [6.45, 7) is 4.12. The van der Waals surface area contributed by atoms with E-state index in [4.69, 9.17) is 0 Å². The van der Waals surface area contributed by atoms with E-state index in [2.05, 4.69) is 22.0 Å². The summed E-state index contributed by atoms with van der Waals surface area (Å²) in [6, 6.07) is 6.11. The molecule has 120 valence electrons. The third-order valence-electron chi connectivity index (χ3n) is 5.18. The summed E-state index contributed by atoms with van der Waals surface area (Å²) in [5, 5.41) is 0. The Labute approximate surface area is 133 Å². The van der Waals surface area contributed by atoms with Crippen LogP contribution in [0.5, 0.6) is 0 Å². The first-order chi connectivity index (χ1) is 10.7. The molecule has 3 rings (SSSR count). The number of hydrogen-bond acceptors (Lipinski definition) is 3. The molecule has 0 aromatic carbocycles. The van der Waals surface area contributed by atoms with Crippen LogP contribution in [0.15, 0.2) is 24.4 Å². The highest BCUT2D eigenvalue weighted by molar-refractivity contribution is 5.79. The van der Waals surface area contributed by atoms with Gasteiger partial charge < -0.3 is 4.90 Å². The normalized spacial score (nSPS) is 20.6. The summed E-state index contributed by atoms with van der Waals surface area (Å²) in [6.07, 6.45) is 7.68. The molecule has 1 aromatic heterocycles. The Bertz CT molecular complexity index is 478. The lowest BCUT2D eigenvalue weighted by atomic mass is 9.84. The van der Waals surface area contributed by atoms with Crippen LogP contribution in [-0.4, -0.2) is 47.4 Å². The summed E-state index contributed by atoms with van der Waals surface area (Å²) < 4.78 is 0. The summed E-state index contributed by atoms with van der Waals surface area (Å²) in [7, 11) is 1.99. The number of piperidine rings is 1. The Morgan fingerprint density at radius 3 is 2.64 bits per heavy atom. The molecule has 0 radical (unpaired) electrons. The predicted molar refractivity (Wildman–Crippen MR) is 87.2 cm³/mol. The van der Waals surface area contributed by atoms with Crippen LogP contribution in [-0.2, 0) is 11.3 Å². The Morgan fingerprint density at radius 1 is 1.27 bits per heavy atom. The SMILES string of the molecule is CN(CC1CCN(Cc2ccccn2)CC1)C(=O)C1CCC1. The molecule has 0 N–H and O–H groups in total. The van der Waals surface area contributed by atoms with Crippen LogP contribution in [0, 0.1) is 11.8 Å². The number of likely N-dealkylation sites (tertiary alicyclic amines) is 1. The van der Waals surface area contributed by atoms with Crippen molar-refractivity contribution in [2.75, 3.05) is 26.7 Å². The van der Waals surface area contributed by atoms with Gasteiger partial charge in [0.15, 0.2) is 0 Å². The van der Waals surface area contributed by atoms with Crippen LogP contribution in [0.1, 0.15) is 37.8 Å². The zero-order chi connectivity index (χ0) is 15.4. The smallest absolute Gasteiger partial charge is 0.225 e. The molecule has 2 aliphatic rings. The summed E-state index contributed by atoms with van der Waals surface area (Å²) in [5.74, 6) is 1.37. The van der Waals surface area contributed by atoms with Gasteiger partial charge in [0, 0.05) is 32.3 Å². The standard InChI is InChI=1S/C18H27N3O/c1-20(18(22)16-5-4-6-16)13-15-8-11-21(12-9-15)14-17-7-2-3-10-19-17/h2-3,7,10,15-16H,4-6,8-9,11-14H2,1H3. The van der Waals surface area contributed by atoms with E-state index in [1.165, 1.54) is 19.3 Å². The Morgan fingerprint density at radius 2 is 2.05 bits per heavy atom. The number of hydrogen-bond donors (Lipinski definition) is 0. The first-order valence-electron chi connectivity index (χ1n) is 8.59. The fourth-order valence-electron chi connectivity index (χ4n) is 3.49. The van der Waals surface area contributed by atoms with Gasteiger partial charge in [-0.2, -0.15) is 0 Å². The van der Waals surface area contributed by atoms with Gasteiger partial charge in [0.25, 0.3) is 0 Å². The number of amides is 1. The van der Waals surface area contributed by atoms with Gasteiger partial charge in [0.05, 0.1) is 5.69 Å². The molecule has 0 atom stereocenters. The third kappa shape index (κ3) is 3.86. The zero-order valence-electron chi connectivity index (χ0n) is 13.6. The molecule has 4 heteroatoms. The molecule has 2 fully saturated rings. The van der Waals surface area contributed by atoms with Gasteiger partial charge in [-0.25, -0.2) is 0 Å². The maximum absolute atomic E-state index is 12.2. The average Bonchev–Trinajstić information content (AvgIpc) is 2.48. The van der Waals surface area contributed by atoms with Gasteiger partial charge in [0.1, 0.15) is 0 Å². The number of carbonyl (C=O) groups excluding carboxylic acids is 1. The van der Waals surface area contributed by atoms with E-state index >= 15 is 0 Å². The number of nitrogens with zero attached hydrogens (tertiary/aromatic N) is 3. The van der Waals surface area contributed by atoms with Crippen molar-refractivity contribution in [1.82, 2.24) is 14.8 Å². The molecule has 0 spiro atoms. The lowest BCUT2D eigenvalue weighted by molar-refractivity contribution is -0.137. The maximum atomic E-state index is 12.2. The highest BCUT2D eigenvalue weighted by Gasteiger charge is 2.29. The van der Waals surface area contributed by atoms with Crippen LogP contribution in [0.25, 0.3) is 0 Å². The van der Waals surface area contributed by atoms with Crippen molar-refractivity contribution < 1.29 is 4.79 Å². The molecule has 0 unspecified atom stereocenters. The van der Waals surface area contributed by atoms with Crippen LogP contribution in [0.4, 0.5) is 0 Å². The molecule has 1 aliphatic heterocycles. The monoisotopic (exact) mass is 301 g/mol. The minimum Gasteiger partial charge on any atom is -0.345 e. The Kier molecular flexibility index (Phi) is 5.08. The fourth-order valence-corrected chi connectivity index (χ4v) is 3.49. The van der Waals surface area contributed by atoms with Gasteiger partial charge >= 0.3 is 0 Å². The zero-order valence-corrected chi connectivity index (χ0v) is 13.6. The second-order valence-corrected chi connectivity index (χ2v) is 6.89. The molecular formula is C18H27N3O. The van der Waals surface area contributed by atoms with Gasteiger partial charge in [-0.15, -0.1) is 0 Å². The van der Waals surface area contributed by atoms with E-state index in [1.54, 1.807) is 0 Å². The number of carbonyl (C=O) groups is 1. The fraction of sp³-hybridized carbons (Fsp3) is 0.667. The quantitative estimate of drug-likeness (QED) is 0.838. The van der Waals surface area contributed by atoms with E-state index in [0.29, 0.717) is 17.7 Å². The van der Waals surface area contributed by atoms with Crippen molar-refractivity contribution in [3.8, 4) is 0 Å². The molecule has 1 saturated carbocycles. The van der Waals surface area contributed by atoms with Crippen molar-refractivity contribution >= 4 is 5.91 Å². The number of rotatable bonds is 5. The highest BCUT2D eigenvalue weighted by atomic mass is 16.2. The number of aromatic nitrogens is 1. The molecule has 4 nitrogen and oxygen atoms in total. The molecular weight excluding hydrogens is 274 g/mol. The van der Waals surface area contributed by atoms with Crippen molar-refractivity contribution in [2.45, 2.75) is 38.6 Å².